The number of hydrogen-bond donors (Lipinski definition) is 1. The molecule has 0 bridgehead atoms. The molecule has 0 saturated carbocycles. The van der Waals surface area contributed by atoms with Crippen LogP contribution >= 0.6 is 0 Å². The van der Waals surface area contributed by atoms with E-state index in [9.17, 15) is 4.79 Å². The molecule has 0 saturated heterocycles. The molecule has 0 radical (unpaired) electrons. The minimum atomic E-state index is -0.572. The Morgan fingerprint density at radius 2 is 2.00 bits per heavy atom. The van der Waals surface area contributed by atoms with Crippen LogP contribution in [0.2, 0.25) is 0 Å². The molecule has 2 N–H and O–H groups in total. The average molecular weight is 203 g/mol. The minimum Gasteiger partial charge on any atom is -0.465 e. The molecular formula is C10H21NO3. The van der Waals surface area contributed by atoms with E-state index in [1.54, 1.807) is 6.92 Å². The summed E-state index contributed by atoms with van der Waals surface area (Å²) in [6.45, 7) is 8.49. The molecule has 0 aromatic rings. The topological polar surface area (TPSA) is 61.5 Å². The van der Waals surface area contributed by atoms with Gasteiger partial charge in [0.1, 0.15) is 6.04 Å². The van der Waals surface area contributed by atoms with Crippen molar-refractivity contribution in [3.63, 3.8) is 0 Å². The van der Waals surface area contributed by atoms with Crippen molar-refractivity contribution >= 4 is 5.97 Å². The SMILES string of the molecule is CCOC(=O)[C@H](N)CCOC(C)(C)C. The Kier molecular flexibility index (Phi) is 5.72. The fourth-order valence-electron chi connectivity index (χ4n) is 0.859. The summed E-state index contributed by atoms with van der Waals surface area (Å²) in [6, 6.07) is -0.572. The van der Waals surface area contributed by atoms with Crippen LogP contribution in [0.4, 0.5) is 0 Å². The molecule has 0 unspecified atom stereocenters. The molecule has 0 amide bonds. The zero-order chi connectivity index (χ0) is 11.2. The predicted octanol–water partition coefficient (Wildman–Crippen LogP) is 1.08. The van der Waals surface area contributed by atoms with Crippen LogP contribution in [0.3, 0.4) is 0 Å². The maximum atomic E-state index is 11.1. The van der Waals surface area contributed by atoms with Gasteiger partial charge in [0, 0.05) is 6.61 Å². The smallest absolute Gasteiger partial charge is 0.322 e. The van der Waals surface area contributed by atoms with Crippen molar-refractivity contribution in [2.45, 2.75) is 45.8 Å². The summed E-state index contributed by atoms with van der Waals surface area (Å²) in [4.78, 5) is 11.1. The highest BCUT2D eigenvalue weighted by molar-refractivity contribution is 5.75. The van der Waals surface area contributed by atoms with Gasteiger partial charge in [-0.25, -0.2) is 0 Å². The lowest BCUT2D eigenvalue weighted by Gasteiger charge is -2.20. The maximum Gasteiger partial charge on any atom is 0.322 e. The van der Waals surface area contributed by atoms with Crippen molar-refractivity contribution < 1.29 is 14.3 Å². The predicted molar refractivity (Wildman–Crippen MR) is 54.9 cm³/mol. The number of rotatable bonds is 5. The average Bonchev–Trinajstić information content (AvgIpc) is 2.02. The number of hydrogen-bond acceptors (Lipinski definition) is 4. The molecule has 4 nitrogen and oxygen atoms in total. The fourth-order valence-corrected chi connectivity index (χ4v) is 0.859. The number of ether oxygens (including phenoxy) is 2. The van der Waals surface area contributed by atoms with Crippen LogP contribution in [0.1, 0.15) is 34.1 Å². The molecule has 0 fully saturated rings. The van der Waals surface area contributed by atoms with Crippen LogP contribution in [0.25, 0.3) is 0 Å². The highest BCUT2D eigenvalue weighted by atomic mass is 16.5. The van der Waals surface area contributed by atoms with Crippen molar-refractivity contribution in [1.82, 2.24) is 0 Å². The molecule has 4 heteroatoms. The van der Waals surface area contributed by atoms with Gasteiger partial charge in [-0.05, 0) is 34.1 Å². The molecule has 1 atom stereocenters. The van der Waals surface area contributed by atoms with Gasteiger partial charge in [-0.3, -0.25) is 4.79 Å². The molecule has 0 aliphatic rings. The monoisotopic (exact) mass is 203 g/mol. The quantitative estimate of drug-likeness (QED) is 0.679. The second kappa shape index (κ2) is 5.98. The molecule has 0 spiro atoms. The first kappa shape index (κ1) is 13.4. The largest absolute Gasteiger partial charge is 0.465 e. The van der Waals surface area contributed by atoms with Gasteiger partial charge in [0.05, 0.1) is 12.2 Å². The zero-order valence-corrected chi connectivity index (χ0v) is 9.50. The summed E-state index contributed by atoms with van der Waals surface area (Å²) in [6.07, 6.45) is 0.496. The minimum absolute atomic E-state index is 0.186. The Morgan fingerprint density at radius 3 is 2.43 bits per heavy atom. The first-order chi connectivity index (χ1) is 6.37. The molecule has 0 aliphatic carbocycles. The molecule has 0 rings (SSSR count). The Labute approximate surface area is 85.8 Å². The van der Waals surface area contributed by atoms with E-state index in [2.05, 4.69) is 0 Å². The Morgan fingerprint density at radius 1 is 1.43 bits per heavy atom. The third-order valence-electron chi connectivity index (χ3n) is 1.55. The van der Waals surface area contributed by atoms with E-state index in [-0.39, 0.29) is 11.6 Å². The Hall–Kier alpha value is -0.610. The molecule has 0 heterocycles. The van der Waals surface area contributed by atoms with Crippen molar-refractivity contribution in [2.75, 3.05) is 13.2 Å². The van der Waals surface area contributed by atoms with E-state index < -0.39 is 6.04 Å². The molecule has 0 aromatic heterocycles. The van der Waals surface area contributed by atoms with Gasteiger partial charge >= 0.3 is 5.97 Å². The normalized spacial score (nSPS) is 13.8. The van der Waals surface area contributed by atoms with Gasteiger partial charge in [0.25, 0.3) is 0 Å². The number of carbonyl (C=O) groups excluding carboxylic acids is 1. The summed E-state index contributed by atoms with van der Waals surface area (Å²) in [7, 11) is 0. The van der Waals surface area contributed by atoms with E-state index in [4.69, 9.17) is 15.2 Å². The first-order valence-corrected chi connectivity index (χ1v) is 4.93. The van der Waals surface area contributed by atoms with Crippen LogP contribution < -0.4 is 5.73 Å². The van der Waals surface area contributed by atoms with Crippen molar-refractivity contribution in [3.8, 4) is 0 Å². The lowest BCUT2D eigenvalue weighted by molar-refractivity contribution is -0.145. The highest BCUT2D eigenvalue weighted by Crippen LogP contribution is 2.07. The van der Waals surface area contributed by atoms with E-state index in [1.165, 1.54) is 0 Å². The number of nitrogens with two attached hydrogens (primary N) is 1. The van der Waals surface area contributed by atoms with E-state index in [0.717, 1.165) is 0 Å². The maximum absolute atomic E-state index is 11.1. The molecule has 14 heavy (non-hydrogen) atoms. The third-order valence-corrected chi connectivity index (χ3v) is 1.55. The summed E-state index contributed by atoms with van der Waals surface area (Å²) in [5.41, 5.74) is 5.39. The second-order valence-corrected chi connectivity index (χ2v) is 4.11. The molecule has 0 aromatic carbocycles. The highest BCUT2D eigenvalue weighted by Gasteiger charge is 2.16. The first-order valence-electron chi connectivity index (χ1n) is 4.93. The van der Waals surface area contributed by atoms with Crippen LogP contribution in [0, 0.1) is 0 Å². The van der Waals surface area contributed by atoms with E-state index in [1.807, 2.05) is 20.8 Å². The third kappa shape index (κ3) is 6.86. The molecular weight excluding hydrogens is 182 g/mol. The zero-order valence-electron chi connectivity index (χ0n) is 9.50. The van der Waals surface area contributed by atoms with Crippen LogP contribution in [0.15, 0.2) is 0 Å². The van der Waals surface area contributed by atoms with E-state index in [0.29, 0.717) is 19.6 Å². The van der Waals surface area contributed by atoms with Crippen molar-refractivity contribution in [2.24, 2.45) is 5.73 Å². The fraction of sp³-hybridized carbons (Fsp3) is 0.900. The Bertz CT molecular complexity index is 175. The lowest BCUT2D eigenvalue weighted by atomic mass is 10.2. The van der Waals surface area contributed by atoms with Gasteiger partial charge in [-0.1, -0.05) is 0 Å². The number of carbonyl (C=O) groups is 1. The van der Waals surface area contributed by atoms with E-state index >= 15 is 0 Å². The van der Waals surface area contributed by atoms with Gasteiger partial charge in [0.15, 0.2) is 0 Å². The number of esters is 1. The van der Waals surface area contributed by atoms with Crippen LogP contribution in [-0.4, -0.2) is 30.8 Å². The summed E-state index contributed by atoms with van der Waals surface area (Å²) in [5.74, 6) is -0.356. The van der Waals surface area contributed by atoms with Crippen molar-refractivity contribution in [3.05, 3.63) is 0 Å². The lowest BCUT2D eigenvalue weighted by Crippen LogP contribution is -2.34. The van der Waals surface area contributed by atoms with Gasteiger partial charge in [-0.15, -0.1) is 0 Å². The Balaban J connectivity index is 3.63. The molecule has 0 aliphatic heterocycles. The summed E-state index contributed by atoms with van der Waals surface area (Å²) >= 11 is 0. The van der Waals surface area contributed by atoms with Crippen LogP contribution in [-0.2, 0) is 14.3 Å². The van der Waals surface area contributed by atoms with Crippen LogP contribution in [0.5, 0.6) is 0 Å². The second-order valence-electron chi connectivity index (χ2n) is 4.11. The molecule has 84 valence electrons. The summed E-state index contributed by atoms with van der Waals surface area (Å²) < 4.78 is 10.2. The van der Waals surface area contributed by atoms with Gasteiger partial charge < -0.3 is 15.2 Å². The van der Waals surface area contributed by atoms with Gasteiger partial charge in [0.2, 0.25) is 0 Å². The van der Waals surface area contributed by atoms with Crippen molar-refractivity contribution in [1.29, 1.82) is 0 Å². The summed E-state index contributed by atoms with van der Waals surface area (Å²) in [5, 5.41) is 0. The van der Waals surface area contributed by atoms with Gasteiger partial charge in [-0.2, -0.15) is 0 Å². The standard InChI is InChI=1S/C10H21NO3/c1-5-13-9(12)8(11)6-7-14-10(2,3)4/h8H,5-7,11H2,1-4H3/t8-/m1/s1.